The molecule has 0 aliphatic heterocycles. The average Bonchev–Trinajstić information content (AvgIpc) is 2.89. The molecule has 0 saturated heterocycles. The monoisotopic (exact) mass is 274 g/mol. The Balaban J connectivity index is 1.81. The number of rotatable bonds is 7. The van der Waals surface area contributed by atoms with Crippen molar-refractivity contribution in [2.45, 2.75) is 39.2 Å². The van der Waals surface area contributed by atoms with Gasteiger partial charge in [-0.1, -0.05) is 23.2 Å². The van der Waals surface area contributed by atoms with E-state index in [0.29, 0.717) is 13.2 Å². The molecule has 3 unspecified atom stereocenters. The first-order valence-corrected chi connectivity index (χ1v) is 9.85. The second kappa shape index (κ2) is 5.87. The smallest absolute Gasteiger partial charge is 0.383 e. The van der Waals surface area contributed by atoms with Crippen LogP contribution in [0.25, 0.3) is 0 Å². The van der Waals surface area contributed by atoms with Crippen molar-refractivity contribution < 1.29 is 8.85 Å². The van der Waals surface area contributed by atoms with Gasteiger partial charge in [-0.05, 0) is 50.9 Å². The van der Waals surface area contributed by atoms with E-state index >= 15 is 0 Å². The maximum Gasteiger partial charge on any atom is 0.443 e. The minimum atomic E-state index is -2.40. The molecule has 0 N–H and O–H groups in total. The second-order valence-electron chi connectivity index (χ2n) is 5.10. The fourth-order valence-corrected chi connectivity index (χ4v) is 6.13. The van der Waals surface area contributed by atoms with E-state index in [1.54, 1.807) is 0 Å². The highest BCUT2D eigenvalue weighted by Crippen LogP contribution is 2.46. The van der Waals surface area contributed by atoms with Crippen LogP contribution < -0.4 is 0 Å². The Hall–Kier alpha value is 0.167. The molecule has 98 valence electrons. The molecule has 2 bridgehead atoms. The molecule has 2 rings (SSSR count). The molecule has 2 aliphatic rings. The number of fused-ring (bicyclic) bond motifs is 2. The second-order valence-corrected chi connectivity index (χ2v) is 9.23. The number of hydrogen-bond donors (Lipinski definition) is 0. The molecule has 4 heteroatoms. The summed E-state index contributed by atoms with van der Waals surface area (Å²) in [6, 6.07) is 0.929. The van der Waals surface area contributed by atoms with Crippen molar-refractivity contribution in [2.75, 3.05) is 13.2 Å². The largest absolute Gasteiger partial charge is 0.443 e. The summed E-state index contributed by atoms with van der Waals surface area (Å²) < 4.78 is 11.3. The Morgan fingerprint density at radius 2 is 1.88 bits per heavy atom. The molecule has 0 aromatic carbocycles. The molecule has 0 aromatic heterocycles. The number of allylic oxidation sites excluding steroid dienone is 2. The van der Waals surface area contributed by atoms with Crippen LogP contribution in [0.1, 0.15) is 33.1 Å². The van der Waals surface area contributed by atoms with Crippen molar-refractivity contribution in [1.82, 2.24) is 0 Å². The SMILES string of the molecule is CCO[Si](Cl)(CCC1CC2C=CC1C2)OCC. The van der Waals surface area contributed by atoms with Crippen molar-refractivity contribution in [3.8, 4) is 0 Å². The molecule has 2 aliphatic carbocycles. The van der Waals surface area contributed by atoms with E-state index in [0.717, 1.165) is 23.8 Å². The van der Waals surface area contributed by atoms with Crippen molar-refractivity contribution >= 4 is 18.9 Å². The first kappa shape index (κ1) is 13.6. The van der Waals surface area contributed by atoms with Gasteiger partial charge in [-0.25, -0.2) is 0 Å². The third kappa shape index (κ3) is 3.34. The van der Waals surface area contributed by atoms with Crippen molar-refractivity contribution in [3.63, 3.8) is 0 Å². The summed E-state index contributed by atoms with van der Waals surface area (Å²) in [6.07, 6.45) is 8.67. The molecular weight excluding hydrogens is 252 g/mol. The fourth-order valence-electron chi connectivity index (χ4n) is 3.20. The summed E-state index contributed by atoms with van der Waals surface area (Å²) in [6.45, 7) is 5.30. The van der Waals surface area contributed by atoms with Gasteiger partial charge >= 0.3 is 7.87 Å². The zero-order chi connectivity index (χ0) is 12.3. The summed E-state index contributed by atoms with van der Waals surface area (Å²) in [5.74, 6) is 2.46. The van der Waals surface area contributed by atoms with Crippen LogP contribution in [0.4, 0.5) is 0 Å². The maximum atomic E-state index is 6.50. The summed E-state index contributed by atoms with van der Waals surface area (Å²) in [5, 5.41) is 0. The molecule has 3 atom stereocenters. The first-order valence-electron chi connectivity index (χ1n) is 6.82. The molecule has 0 heterocycles. The third-order valence-corrected chi connectivity index (χ3v) is 7.50. The lowest BCUT2D eigenvalue weighted by Gasteiger charge is -2.26. The number of halogens is 1. The molecule has 2 nitrogen and oxygen atoms in total. The highest BCUT2D eigenvalue weighted by Gasteiger charge is 2.40. The van der Waals surface area contributed by atoms with Gasteiger partial charge in [-0.3, -0.25) is 0 Å². The van der Waals surface area contributed by atoms with Gasteiger partial charge < -0.3 is 8.85 Å². The van der Waals surface area contributed by atoms with E-state index in [1.807, 2.05) is 13.8 Å². The van der Waals surface area contributed by atoms with Gasteiger partial charge in [0.2, 0.25) is 0 Å². The molecule has 0 radical (unpaired) electrons. The Morgan fingerprint density at radius 1 is 1.18 bits per heavy atom. The van der Waals surface area contributed by atoms with E-state index in [4.69, 9.17) is 19.9 Å². The molecule has 17 heavy (non-hydrogen) atoms. The lowest BCUT2D eigenvalue weighted by molar-refractivity contribution is 0.199. The highest BCUT2D eigenvalue weighted by molar-refractivity contribution is 7.12. The zero-order valence-electron chi connectivity index (χ0n) is 10.8. The predicted octanol–water partition coefficient (Wildman–Crippen LogP) is 3.84. The Bertz CT molecular complexity index is 277. The quantitative estimate of drug-likeness (QED) is 0.399. The van der Waals surface area contributed by atoms with E-state index in [2.05, 4.69) is 12.2 Å². The van der Waals surface area contributed by atoms with Gasteiger partial charge in [0.25, 0.3) is 0 Å². The minimum Gasteiger partial charge on any atom is -0.383 e. The highest BCUT2D eigenvalue weighted by atomic mass is 35.6. The van der Waals surface area contributed by atoms with Crippen molar-refractivity contribution in [2.24, 2.45) is 17.8 Å². The van der Waals surface area contributed by atoms with Gasteiger partial charge in [-0.15, -0.1) is 0 Å². The van der Waals surface area contributed by atoms with Crippen LogP contribution in [0.2, 0.25) is 6.04 Å². The third-order valence-electron chi connectivity index (χ3n) is 3.95. The van der Waals surface area contributed by atoms with E-state index < -0.39 is 7.87 Å². The van der Waals surface area contributed by atoms with Crippen molar-refractivity contribution in [3.05, 3.63) is 12.2 Å². The summed E-state index contributed by atoms with van der Waals surface area (Å²) in [5.41, 5.74) is 0. The van der Waals surface area contributed by atoms with Crippen LogP contribution in [0.5, 0.6) is 0 Å². The van der Waals surface area contributed by atoms with Gasteiger partial charge in [0, 0.05) is 19.3 Å². The fraction of sp³-hybridized carbons (Fsp3) is 0.846. The lowest BCUT2D eigenvalue weighted by atomic mass is 9.91. The van der Waals surface area contributed by atoms with Crippen LogP contribution in [0.15, 0.2) is 12.2 Å². The van der Waals surface area contributed by atoms with E-state index in [1.165, 1.54) is 19.3 Å². The van der Waals surface area contributed by atoms with Gasteiger partial charge in [0.05, 0.1) is 0 Å². The minimum absolute atomic E-state index is 0.659. The van der Waals surface area contributed by atoms with Crippen LogP contribution in [0, 0.1) is 17.8 Å². The molecule has 0 spiro atoms. The summed E-state index contributed by atoms with van der Waals surface area (Å²) >= 11 is 6.50. The van der Waals surface area contributed by atoms with Crippen molar-refractivity contribution in [1.29, 1.82) is 0 Å². The maximum absolute atomic E-state index is 6.50. The van der Waals surface area contributed by atoms with Crippen LogP contribution in [-0.4, -0.2) is 21.1 Å². The van der Waals surface area contributed by atoms with Gasteiger partial charge in [-0.2, -0.15) is 0 Å². The first-order chi connectivity index (χ1) is 8.17. The molecule has 1 fully saturated rings. The van der Waals surface area contributed by atoms with Gasteiger partial charge in [0.1, 0.15) is 0 Å². The van der Waals surface area contributed by atoms with Crippen LogP contribution >= 0.6 is 11.1 Å². The number of hydrogen-bond acceptors (Lipinski definition) is 2. The Morgan fingerprint density at radius 3 is 2.35 bits per heavy atom. The molecular formula is C13H23ClO2Si. The summed E-state index contributed by atoms with van der Waals surface area (Å²) in [7, 11) is -2.40. The zero-order valence-corrected chi connectivity index (χ0v) is 12.6. The Kier molecular flexibility index (Phi) is 4.70. The van der Waals surface area contributed by atoms with Crippen LogP contribution in [0.3, 0.4) is 0 Å². The van der Waals surface area contributed by atoms with Gasteiger partial charge in [0.15, 0.2) is 0 Å². The summed E-state index contributed by atoms with van der Waals surface area (Å²) in [4.78, 5) is 0. The standard InChI is InChI=1S/C13H23ClO2Si/c1-3-15-17(14,16-4-2)8-7-13-10-11-5-6-12(13)9-11/h5-6,11-13H,3-4,7-10H2,1-2H3. The average molecular weight is 275 g/mol. The Labute approximate surface area is 110 Å². The molecule has 0 amide bonds. The topological polar surface area (TPSA) is 18.5 Å². The predicted molar refractivity (Wildman–Crippen MR) is 73.1 cm³/mol. The molecule has 0 aromatic rings. The normalized spacial score (nSPS) is 31.4. The lowest BCUT2D eigenvalue weighted by Crippen LogP contribution is -2.36. The molecule has 1 saturated carbocycles. The van der Waals surface area contributed by atoms with Crippen LogP contribution in [-0.2, 0) is 8.85 Å². The van der Waals surface area contributed by atoms with E-state index in [-0.39, 0.29) is 0 Å². The van der Waals surface area contributed by atoms with E-state index in [9.17, 15) is 0 Å².